The van der Waals surface area contributed by atoms with E-state index in [-0.39, 0.29) is 11.5 Å². The highest BCUT2D eigenvalue weighted by molar-refractivity contribution is 6.02. The largest absolute Gasteiger partial charge is 0.444 e. The fraction of sp³-hybridized carbons (Fsp3) is 0.343. The third kappa shape index (κ3) is 4.83. The van der Waals surface area contributed by atoms with Crippen LogP contribution in [0.25, 0.3) is 33.0 Å². The van der Waals surface area contributed by atoms with E-state index in [0.29, 0.717) is 13.1 Å². The highest BCUT2D eigenvalue weighted by Crippen LogP contribution is 2.52. The van der Waals surface area contributed by atoms with Crippen molar-refractivity contribution in [1.29, 1.82) is 0 Å². The van der Waals surface area contributed by atoms with Gasteiger partial charge in [0.2, 0.25) is 0 Å². The molecule has 1 heterocycles. The molecule has 1 fully saturated rings. The van der Waals surface area contributed by atoms with Crippen LogP contribution in [0.3, 0.4) is 0 Å². The van der Waals surface area contributed by atoms with Gasteiger partial charge in [-0.05, 0) is 82.6 Å². The van der Waals surface area contributed by atoms with Crippen molar-refractivity contribution in [2.24, 2.45) is 0 Å². The predicted octanol–water partition coefficient (Wildman–Crippen LogP) is 7.87. The highest BCUT2D eigenvalue weighted by atomic mass is 16.6. The van der Waals surface area contributed by atoms with Gasteiger partial charge in [-0.3, -0.25) is 4.90 Å². The second-order valence-electron chi connectivity index (χ2n) is 12.5. The van der Waals surface area contributed by atoms with Crippen molar-refractivity contribution < 1.29 is 9.53 Å². The normalized spacial score (nSPS) is 16.7. The van der Waals surface area contributed by atoms with Crippen molar-refractivity contribution in [3.8, 4) is 22.3 Å². The number of piperazine rings is 1. The van der Waals surface area contributed by atoms with Gasteiger partial charge < -0.3 is 9.64 Å². The van der Waals surface area contributed by atoms with Crippen LogP contribution in [0.4, 0.5) is 4.79 Å². The molecule has 0 atom stereocenters. The zero-order valence-electron chi connectivity index (χ0n) is 23.8. The number of rotatable bonds is 3. The molecule has 1 aliphatic carbocycles. The molecule has 0 saturated carbocycles. The fourth-order valence-corrected chi connectivity index (χ4v) is 6.21. The SMILES string of the molecule is CC(C)(C)OC(=O)N1CCN(Cc2cccc(-c3ccc4c(c3)C(C)(C)c3ccc5ccccc5c3-4)c2)CC1. The van der Waals surface area contributed by atoms with Crippen LogP contribution in [0.15, 0.2) is 78.9 Å². The van der Waals surface area contributed by atoms with Gasteiger partial charge in [0.25, 0.3) is 0 Å². The molecule has 0 unspecified atom stereocenters. The van der Waals surface area contributed by atoms with E-state index in [1.54, 1.807) is 0 Å². The monoisotopic (exact) mass is 518 g/mol. The van der Waals surface area contributed by atoms with Gasteiger partial charge in [0.05, 0.1) is 0 Å². The van der Waals surface area contributed by atoms with E-state index in [1.165, 1.54) is 49.7 Å². The van der Waals surface area contributed by atoms with Gasteiger partial charge in [0.1, 0.15) is 5.60 Å². The molecule has 0 aromatic heterocycles. The van der Waals surface area contributed by atoms with E-state index in [0.717, 1.165) is 19.6 Å². The van der Waals surface area contributed by atoms with Crippen molar-refractivity contribution >= 4 is 16.9 Å². The molecule has 1 aliphatic heterocycles. The number of ether oxygens (including phenoxy) is 1. The first-order valence-electron chi connectivity index (χ1n) is 14.1. The average Bonchev–Trinajstić information content (AvgIpc) is 3.14. The number of hydrogen-bond acceptors (Lipinski definition) is 3. The van der Waals surface area contributed by atoms with E-state index < -0.39 is 5.60 Å². The highest BCUT2D eigenvalue weighted by Gasteiger charge is 2.36. The Morgan fingerprint density at radius 2 is 1.56 bits per heavy atom. The lowest BCUT2D eigenvalue weighted by molar-refractivity contribution is 0.0139. The van der Waals surface area contributed by atoms with E-state index in [4.69, 9.17) is 4.74 Å². The van der Waals surface area contributed by atoms with Crippen LogP contribution in [-0.2, 0) is 16.7 Å². The zero-order valence-corrected chi connectivity index (χ0v) is 23.8. The number of carbonyl (C=O) groups excluding carboxylic acids is 1. The van der Waals surface area contributed by atoms with Gasteiger partial charge in [0.15, 0.2) is 0 Å². The first-order chi connectivity index (χ1) is 18.6. The second kappa shape index (κ2) is 9.53. The summed E-state index contributed by atoms with van der Waals surface area (Å²) in [7, 11) is 0. The lowest BCUT2D eigenvalue weighted by atomic mass is 9.81. The van der Waals surface area contributed by atoms with Gasteiger partial charge in [-0.2, -0.15) is 0 Å². The quantitative estimate of drug-likeness (QED) is 0.277. The van der Waals surface area contributed by atoms with Crippen LogP contribution in [-0.4, -0.2) is 47.7 Å². The summed E-state index contributed by atoms with van der Waals surface area (Å²) in [6, 6.07) is 29.2. The topological polar surface area (TPSA) is 32.8 Å². The summed E-state index contributed by atoms with van der Waals surface area (Å²) in [5.41, 5.74) is 8.85. The summed E-state index contributed by atoms with van der Waals surface area (Å²) in [4.78, 5) is 16.7. The maximum atomic E-state index is 12.4. The minimum atomic E-state index is -0.460. The van der Waals surface area contributed by atoms with Crippen LogP contribution in [0, 0.1) is 0 Å². The van der Waals surface area contributed by atoms with Crippen molar-refractivity contribution in [2.75, 3.05) is 26.2 Å². The summed E-state index contributed by atoms with van der Waals surface area (Å²) < 4.78 is 5.55. The Bertz CT molecular complexity index is 1550. The van der Waals surface area contributed by atoms with Crippen LogP contribution in [0.2, 0.25) is 0 Å². The van der Waals surface area contributed by atoms with Crippen molar-refractivity contribution in [1.82, 2.24) is 9.80 Å². The molecule has 200 valence electrons. The molecule has 0 N–H and O–H groups in total. The van der Waals surface area contributed by atoms with E-state index in [1.807, 2.05) is 25.7 Å². The van der Waals surface area contributed by atoms with Gasteiger partial charge >= 0.3 is 6.09 Å². The lowest BCUT2D eigenvalue weighted by Crippen LogP contribution is -2.49. The maximum Gasteiger partial charge on any atom is 0.410 e. The Kier molecular flexibility index (Phi) is 6.27. The van der Waals surface area contributed by atoms with Crippen molar-refractivity contribution in [3.63, 3.8) is 0 Å². The zero-order chi connectivity index (χ0) is 27.4. The molecule has 0 spiro atoms. The summed E-state index contributed by atoms with van der Waals surface area (Å²) >= 11 is 0. The van der Waals surface area contributed by atoms with Crippen molar-refractivity contribution in [3.05, 3.63) is 95.6 Å². The first-order valence-corrected chi connectivity index (χ1v) is 14.1. The van der Waals surface area contributed by atoms with Gasteiger partial charge in [0, 0.05) is 38.1 Å². The molecule has 1 amide bonds. The Hall–Kier alpha value is -3.63. The van der Waals surface area contributed by atoms with Crippen LogP contribution in [0.5, 0.6) is 0 Å². The minimum Gasteiger partial charge on any atom is -0.444 e. The van der Waals surface area contributed by atoms with Gasteiger partial charge in [-0.1, -0.05) is 80.6 Å². The second-order valence-corrected chi connectivity index (χ2v) is 12.5. The Morgan fingerprint density at radius 1 is 0.821 bits per heavy atom. The molecule has 0 bridgehead atoms. The number of nitrogens with zero attached hydrogens (tertiary/aromatic N) is 2. The third-order valence-electron chi connectivity index (χ3n) is 8.26. The van der Waals surface area contributed by atoms with Crippen LogP contribution in [0.1, 0.15) is 51.3 Å². The average molecular weight is 519 g/mol. The smallest absolute Gasteiger partial charge is 0.410 e. The number of fused-ring (bicyclic) bond motifs is 5. The Balaban J connectivity index is 1.21. The first kappa shape index (κ1) is 25.6. The van der Waals surface area contributed by atoms with Gasteiger partial charge in [-0.25, -0.2) is 4.79 Å². The van der Waals surface area contributed by atoms with E-state index >= 15 is 0 Å². The summed E-state index contributed by atoms with van der Waals surface area (Å²) in [6.45, 7) is 14.4. The molecule has 1 saturated heterocycles. The standard InChI is InChI=1S/C35H38N2O2/c1-34(2,3)39-33(38)37-19-17-36(18-20-37)23-24-9-8-11-26(21-24)27-13-15-29-31(22-27)35(4,5)30-16-14-25-10-6-7-12-28(25)32(29)30/h6-16,21-22H,17-20,23H2,1-5H3. The molecule has 4 heteroatoms. The molecule has 39 heavy (non-hydrogen) atoms. The molecule has 4 aromatic rings. The van der Waals surface area contributed by atoms with E-state index in [2.05, 4.69) is 97.6 Å². The van der Waals surface area contributed by atoms with Crippen molar-refractivity contribution in [2.45, 2.75) is 52.2 Å². The molecular weight excluding hydrogens is 480 g/mol. The van der Waals surface area contributed by atoms with Crippen LogP contribution < -0.4 is 0 Å². The Labute approximate surface area is 232 Å². The fourth-order valence-electron chi connectivity index (χ4n) is 6.21. The maximum absolute atomic E-state index is 12.4. The molecule has 6 rings (SSSR count). The summed E-state index contributed by atoms with van der Waals surface area (Å²) in [5.74, 6) is 0. The molecule has 4 nitrogen and oxygen atoms in total. The molecular formula is C35H38N2O2. The Morgan fingerprint density at radius 3 is 2.33 bits per heavy atom. The number of hydrogen-bond donors (Lipinski definition) is 0. The predicted molar refractivity (Wildman–Crippen MR) is 160 cm³/mol. The minimum absolute atomic E-state index is 0.0455. The number of carbonyl (C=O) groups is 1. The lowest BCUT2D eigenvalue weighted by Gasteiger charge is -2.35. The molecule has 2 aliphatic rings. The summed E-state index contributed by atoms with van der Waals surface area (Å²) in [6.07, 6.45) is -0.209. The molecule has 0 radical (unpaired) electrons. The van der Waals surface area contributed by atoms with Crippen LogP contribution >= 0.6 is 0 Å². The molecule has 4 aromatic carbocycles. The number of amides is 1. The number of benzene rings is 4. The summed E-state index contributed by atoms with van der Waals surface area (Å²) in [5, 5.41) is 2.63. The third-order valence-corrected chi connectivity index (χ3v) is 8.26. The van der Waals surface area contributed by atoms with E-state index in [9.17, 15) is 4.79 Å². The van der Waals surface area contributed by atoms with Gasteiger partial charge in [-0.15, -0.1) is 0 Å².